The Morgan fingerprint density at radius 1 is 0.333 bits per heavy atom. The van der Waals surface area contributed by atoms with E-state index in [1.54, 1.807) is 121 Å². The van der Waals surface area contributed by atoms with Crippen LogP contribution in [-0.2, 0) is 6.42 Å². The van der Waals surface area contributed by atoms with Crippen LogP contribution in [-0.4, -0.2) is 53.0 Å². The van der Waals surface area contributed by atoms with Gasteiger partial charge in [-0.3, -0.25) is 19.2 Å². The number of carbonyl (C=O) groups excluding carboxylic acids is 4. The largest absolute Gasteiger partial charge is 0.285 e. The Kier molecular flexibility index (Phi) is 8.19. The molecule has 0 saturated carbocycles. The van der Waals surface area contributed by atoms with Crippen molar-refractivity contribution in [1.29, 1.82) is 0 Å². The van der Waals surface area contributed by atoms with Crippen LogP contribution in [0.4, 0.5) is 0 Å². The van der Waals surface area contributed by atoms with E-state index in [4.69, 9.17) is 0 Å². The van der Waals surface area contributed by atoms with Crippen molar-refractivity contribution < 1.29 is 19.2 Å². The normalized spacial score (nSPS) is 10.7. The van der Waals surface area contributed by atoms with Gasteiger partial charge in [0.1, 0.15) is 11.6 Å². The van der Waals surface area contributed by atoms with E-state index in [1.807, 2.05) is 0 Å². The van der Waals surface area contributed by atoms with E-state index in [9.17, 15) is 19.2 Å². The molecule has 0 spiro atoms. The van der Waals surface area contributed by atoms with Crippen LogP contribution in [0.15, 0.2) is 121 Å². The minimum Gasteiger partial charge on any atom is -0.285 e. The van der Waals surface area contributed by atoms with Gasteiger partial charge in [-0.25, -0.2) is 29.9 Å². The second-order valence-corrected chi connectivity index (χ2v) is 9.76. The van der Waals surface area contributed by atoms with E-state index in [-0.39, 0.29) is 41.4 Å². The van der Waals surface area contributed by atoms with Crippen molar-refractivity contribution in [2.75, 3.05) is 0 Å². The summed E-state index contributed by atoms with van der Waals surface area (Å²) < 4.78 is 0. The molecule has 10 heteroatoms. The molecule has 0 aliphatic carbocycles. The molecule has 0 aliphatic heterocycles. The highest BCUT2D eigenvalue weighted by atomic mass is 16.1. The van der Waals surface area contributed by atoms with Crippen molar-refractivity contribution in [2.45, 2.75) is 6.42 Å². The van der Waals surface area contributed by atoms with Crippen LogP contribution in [0, 0.1) is 0 Å². The maximum atomic E-state index is 13.4. The van der Waals surface area contributed by atoms with Gasteiger partial charge in [0.2, 0.25) is 46.4 Å². The number of ketones is 4. The van der Waals surface area contributed by atoms with Gasteiger partial charge in [0.25, 0.3) is 0 Å². The smallest absolute Gasteiger partial charge is 0.230 e. The van der Waals surface area contributed by atoms with Crippen molar-refractivity contribution in [1.82, 2.24) is 29.9 Å². The van der Waals surface area contributed by atoms with E-state index in [1.165, 1.54) is 0 Å². The van der Waals surface area contributed by atoms with Gasteiger partial charge >= 0.3 is 0 Å². The van der Waals surface area contributed by atoms with Crippen molar-refractivity contribution in [3.63, 3.8) is 0 Å². The van der Waals surface area contributed by atoms with Gasteiger partial charge in [-0.15, -0.1) is 0 Å². The number of aromatic nitrogens is 6. The molecule has 45 heavy (non-hydrogen) atoms. The molecule has 2 aromatic heterocycles. The first-order valence-corrected chi connectivity index (χ1v) is 13.8. The Bertz CT molecular complexity index is 1750. The third kappa shape index (κ3) is 6.50. The Labute approximate surface area is 257 Å². The molecule has 0 bridgehead atoms. The molecule has 0 saturated heterocycles. The molecule has 0 unspecified atom stereocenters. The summed E-state index contributed by atoms with van der Waals surface area (Å²) in [6.45, 7) is 0. The molecule has 0 amide bonds. The quantitative estimate of drug-likeness (QED) is 0.208. The van der Waals surface area contributed by atoms with Crippen LogP contribution >= 0.6 is 0 Å². The third-order valence-corrected chi connectivity index (χ3v) is 6.64. The molecule has 0 radical (unpaired) electrons. The van der Waals surface area contributed by atoms with Crippen LogP contribution in [0.3, 0.4) is 0 Å². The van der Waals surface area contributed by atoms with Crippen molar-refractivity contribution >= 4 is 23.1 Å². The van der Waals surface area contributed by atoms with E-state index in [0.29, 0.717) is 22.3 Å². The molecule has 216 valence electrons. The Hall–Kier alpha value is -6.42. The average Bonchev–Trinajstić information content (AvgIpc) is 3.11. The molecule has 0 fully saturated rings. The zero-order valence-electron chi connectivity index (χ0n) is 23.6. The maximum absolute atomic E-state index is 13.4. The fourth-order valence-corrected chi connectivity index (χ4v) is 4.42. The lowest BCUT2D eigenvalue weighted by Crippen LogP contribution is -2.20. The zero-order chi connectivity index (χ0) is 31.2. The fraction of sp³-hybridized carbons (Fsp3) is 0.0286. The molecule has 6 rings (SSSR count). The predicted octanol–water partition coefficient (Wildman–Crippen LogP) is 4.57. The number of benzene rings is 4. The summed E-state index contributed by atoms with van der Waals surface area (Å²) in [5.41, 5.74) is 1.28. The van der Waals surface area contributed by atoms with Crippen molar-refractivity contribution in [2.24, 2.45) is 0 Å². The fourth-order valence-electron chi connectivity index (χ4n) is 4.42. The third-order valence-electron chi connectivity index (χ3n) is 6.64. The van der Waals surface area contributed by atoms with Crippen molar-refractivity contribution in [3.05, 3.63) is 179 Å². The second kappa shape index (κ2) is 12.8. The summed E-state index contributed by atoms with van der Waals surface area (Å²) in [6, 6.07) is 33.6. The average molecular weight is 591 g/mol. The van der Waals surface area contributed by atoms with Gasteiger partial charge in [-0.05, 0) is 0 Å². The lowest BCUT2D eigenvalue weighted by atomic mass is 10.1. The van der Waals surface area contributed by atoms with E-state index in [2.05, 4.69) is 29.9 Å². The lowest BCUT2D eigenvalue weighted by molar-refractivity contribution is 0.100. The summed E-state index contributed by atoms with van der Waals surface area (Å²) in [6.07, 6.45) is -0.237. The van der Waals surface area contributed by atoms with E-state index < -0.39 is 23.1 Å². The number of nitrogens with zero attached hydrogens (tertiary/aromatic N) is 6. The summed E-state index contributed by atoms with van der Waals surface area (Å²) in [7, 11) is 0. The number of hydrogen-bond donors (Lipinski definition) is 0. The SMILES string of the molecule is O=C(c1ccccc1)c1nc(Cc2nc(C(=O)c3ccccc3)nc(C(=O)c3ccccc3)n2)nc(C(=O)c2ccccc2)n1. The van der Waals surface area contributed by atoms with Gasteiger partial charge in [-0.2, -0.15) is 0 Å². The minimum atomic E-state index is -0.517. The highest BCUT2D eigenvalue weighted by Crippen LogP contribution is 2.14. The zero-order valence-corrected chi connectivity index (χ0v) is 23.6. The molecule has 4 aromatic carbocycles. The van der Waals surface area contributed by atoms with E-state index >= 15 is 0 Å². The first kappa shape index (κ1) is 28.7. The van der Waals surface area contributed by atoms with Crippen LogP contribution in [0.5, 0.6) is 0 Å². The number of rotatable bonds is 10. The first-order chi connectivity index (χ1) is 22.0. The van der Waals surface area contributed by atoms with Gasteiger partial charge in [-0.1, -0.05) is 121 Å². The monoisotopic (exact) mass is 590 g/mol. The summed E-state index contributed by atoms with van der Waals surface area (Å²) in [5.74, 6) is -3.08. The Morgan fingerprint density at radius 2 is 0.556 bits per heavy atom. The Morgan fingerprint density at radius 3 is 0.778 bits per heavy atom. The van der Waals surface area contributed by atoms with Crippen LogP contribution in [0.25, 0.3) is 0 Å². The number of hydrogen-bond acceptors (Lipinski definition) is 10. The van der Waals surface area contributed by atoms with Gasteiger partial charge in [0.05, 0.1) is 6.42 Å². The highest BCUT2D eigenvalue weighted by Gasteiger charge is 2.24. The van der Waals surface area contributed by atoms with Crippen LogP contribution < -0.4 is 0 Å². The molecule has 10 nitrogen and oxygen atoms in total. The topological polar surface area (TPSA) is 146 Å². The maximum Gasteiger partial charge on any atom is 0.230 e. The van der Waals surface area contributed by atoms with Gasteiger partial charge < -0.3 is 0 Å². The highest BCUT2D eigenvalue weighted by molar-refractivity contribution is 6.10. The summed E-state index contributed by atoms with van der Waals surface area (Å²) in [4.78, 5) is 79.3. The second-order valence-electron chi connectivity index (χ2n) is 9.76. The molecular weight excluding hydrogens is 568 g/mol. The van der Waals surface area contributed by atoms with Crippen LogP contribution in [0.1, 0.15) is 76.4 Å². The molecule has 0 atom stereocenters. The molecule has 2 heterocycles. The minimum absolute atomic E-state index is 0.00835. The molecular formula is C35H22N6O4. The van der Waals surface area contributed by atoms with E-state index in [0.717, 1.165) is 0 Å². The number of carbonyl (C=O) groups is 4. The molecule has 6 aromatic rings. The van der Waals surface area contributed by atoms with Gasteiger partial charge in [0.15, 0.2) is 0 Å². The predicted molar refractivity (Wildman–Crippen MR) is 162 cm³/mol. The van der Waals surface area contributed by atoms with Gasteiger partial charge in [0, 0.05) is 22.3 Å². The van der Waals surface area contributed by atoms with Crippen molar-refractivity contribution in [3.8, 4) is 0 Å². The molecule has 0 N–H and O–H groups in total. The van der Waals surface area contributed by atoms with Crippen LogP contribution in [0.2, 0.25) is 0 Å². The lowest BCUT2D eigenvalue weighted by Gasteiger charge is -2.09. The standard InChI is InChI=1S/C35H22N6O4/c42-28(22-13-5-1-6-14-22)32-36-26(37-33(40-32)29(43)23-15-7-2-8-16-23)21-27-38-34(30(44)24-17-9-3-10-18-24)41-35(39-27)31(45)25-19-11-4-12-20-25/h1-20H,21H2. The Balaban J connectivity index is 1.45. The summed E-state index contributed by atoms with van der Waals surface area (Å²) in [5, 5.41) is 0. The summed E-state index contributed by atoms with van der Waals surface area (Å²) >= 11 is 0. The first-order valence-electron chi connectivity index (χ1n) is 13.8. The molecule has 0 aliphatic rings.